The van der Waals surface area contributed by atoms with Crippen LogP contribution in [0.2, 0.25) is 0 Å². The van der Waals surface area contributed by atoms with E-state index in [0.717, 1.165) is 0 Å². The SMILES string of the molecule is CC1(C)C=NS(=O)CO1.CN. The van der Waals surface area contributed by atoms with Gasteiger partial charge in [0.15, 0.2) is 11.0 Å². The Morgan fingerprint density at radius 2 is 2.18 bits per heavy atom. The molecule has 0 saturated heterocycles. The molecule has 0 radical (unpaired) electrons. The molecule has 66 valence electrons. The van der Waals surface area contributed by atoms with Crippen molar-refractivity contribution in [2.45, 2.75) is 19.4 Å². The monoisotopic (exact) mass is 178 g/mol. The zero-order valence-corrected chi connectivity index (χ0v) is 7.85. The molecule has 1 unspecified atom stereocenters. The summed E-state index contributed by atoms with van der Waals surface area (Å²) >= 11 is 0. The molecule has 1 atom stereocenters. The molecule has 0 aliphatic carbocycles. The molecule has 0 fully saturated rings. The van der Waals surface area contributed by atoms with Crippen LogP contribution in [0.3, 0.4) is 0 Å². The summed E-state index contributed by atoms with van der Waals surface area (Å²) < 4.78 is 19.4. The van der Waals surface area contributed by atoms with Gasteiger partial charge in [-0.05, 0) is 20.9 Å². The van der Waals surface area contributed by atoms with Crippen LogP contribution < -0.4 is 5.73 Å². The van der Waals surface area contributed by atoms with Crippen molar-refractivity contribution < 1.29 is 8.95 Å². The third kappa shape index (κ3) is 4.23. The smallest absolute Gasteiger partial charge is 0.165 e. The Balaban J connectivity index is 0.000000461. The molecule has 0 amide bonds. The minimum atomic E-state index is -1.14. The topological polar surface area (TPSA) is 64.7 Å². The lowest BCUT2D eigenvalue weighted by atomic mass is 10.2. The lowest BCUT2D eigenvalue weighted by Gasteiger charge is -2.22. The standard InChI is InChI=1S/C5H9NO2S.CH5N/c1-5(2)3-6-9(7)4-8-5;1-2/h3H,4H2,1-2H3;2H2,1H3. The number of hydrogen-bond donors (Lipinski definition) is 1. The number of nitrogens with two attached hydrogens (primary N) is 1. The van der Waals surface area contributed by atoms with Crippen molar-refractivity contribution in [1.29, 1.82) is 0 Å². The Morgan fingerprint density at radius 1 is 1.64 bits per heavy atom. The number of hydrogen-bond acceptors (Lipinski definition) is 3. The summed E-state index contributed by atoms with van der Waals surface area (Å²) in [5, 5.41) is 0. The number of nitrogens with zero attached hydrogens (tertiary/aromatic N) is 1. The lowest BCUT2D eigenvalue weighted by Crippen LogP contribution is -2.31. The maximum absolute atomic E-state index is 10.5. The average Bonchev–Trinajstić information content (AvgIpc) is 2.00. The van der Waals surface area contributed by atoms with Crippen molar-refractivity contribution in [2.75, 3.05) is 13.0 Å². The van der Waals surface area contributed by atoms with Gasteiger partial charge >= 0.3 is 0 Å². The molecule has 0 saturated carbocycles. The van der Waals surface area contributed by atoms with Gasteiger partial charge in [-0.25, -0.2) is 4.21 Å². The van der Waals surface area contributed by atoms with Crippen LogP contribution in [0.5, 0.6) is 0 Å². The molecule has 11 heavy (non-hydrogen) atoms. The molecule has 1 aliphatic rings. The minimum Gasteiger partial charge on any atom is -0.355 e. The van der Waals surface area contributed by atoms with Gasteiger partial charge in [-0.1, -0.05) is 0 Å². The third-order valence-electron chi connectivity index (χ3n) is 1.01. The highest BCUT2D eigenvalue weighted by Gasteiger charge is 2.20. The Labute approximate surface area is 69.4 Å². The van der Waals surface area contributed by atoms with Crippen molar-refractivity contribution in [1.82, 2.24) is 0 Å². The first-order valence-electron chi connectivity index (χ1n) is 3.25. The molecular formula is C6H14N2O2S. The van der Waals surface area contributed by atoms with Crippen LogP contribution in [0.15, 0.2) is 4.40 Å². The highest BCUT2D eigenvalue weighted by atomic mass is 32.2. The van der Waals surface area contributed by atoms with Crippen molar-refractivity contribution in [3.8, 4) is 0 Å². The Morgan fingerprint density at radius 3 is 2.45 bits per heavy atom. The molecule has 0 bridgehead atoms. The summed E-state index contributed by atoms with van der Waals surface area (Å²) in [4.78, 5) is 0. The second-order valence-electron chi connectivity index (χ2n) is 2.42. The molecular weight excluding hydrogens is 164 g/mol. The summed E-state index contributed by atoms with van der Waals surface area (Å²) in [6.07, 6.45) is 1.58. The van der Waals surface area contributed by atoms with Crippen LogP contribution in [0.4, 0.5) is 0 Å². The molecule has 0 aromatic carbocycles. The second kappa shape index (κ2) is 4.58. The van der Waals surface area contributed by atoms with E-state index in [1.165, 1.54) is 7.05 Å². The zero-order chi connectivity index (χ0) is 8.91. The molecule has 0 aromatic heterocycles. The third-order valence-corrected chi connectivity index (χ3v) is 1.67. The van der Waals surface area contributed by atoms with E-state index in [0.29, 0.717) is 0 Å². The van der Waals surface area contributed by atoms with Crippen molar-refractivity contribution in [3.63, 3.8) is 0 Å². The number of rotatable bonds is 0. The predicted octanol–water partition coefficient (Wildman–Crippen LogP) is 0.0621. The minimum absolute atomic E-state index is 0.226. The Hall–Kier alpha value is -0.260. The summed E-state index contributed by atoms with van der Waals surface area (Å²) in [6.45, 7) is 3.76. The van der Waals surface area contributed by atoms with E-state index >= 15 is 0 Å². The summed E-state index contributed by atoms with van der Waals surface area (Å²) in [5.41, 5.74) is 4.17. The summed E-state index contributed by atoms with van der Waals surface area (Å²) in [5.74, 6) is 0.226. The van der Waals surface area contributed by atoms with Gasteiger partial charge in [0, 0.05) is 6.21 Å². The van der Waals surface area contributed by atoms with Gasteiger partial charge in [0.1, 0.15) is 5.94 Å². The lowest BCUT2D eigenvalue weighted by molar-refractivity contribution is 0.0700. The van der Waals surface area contributed by atoms with Crippen LogP contribution >= 0.6 is 0 Å². The Bertz CT molecular complexity index is 168. The maximum atomic E-state index is 10.5. The van der Waals surface area contributed by atoms with E-state index in [1.807, 2.05) is 13.8 Å². The maximum Gasteiger partial charge on any atom is 0.165 e. The van der Waals surface area contributed by atoms with E-state index < -0.39 is 11.0 Å². The van der Waals surface area contributed by atoms with Crippen LogP contribution in [-0.4, -0.2) is 29.0 Å². The van der Waals surface area contributed by atoms with Crippen LogP contribution in [-0.2, 0) is 15.7 Å². The van der Waals surface area contributed by atoms with Gasteiger partial charge in [0.25, 0.3) is 0 Å². The molecule has 1 aliphatic heterocycles. The number of ether oxygens (including phenoxy) is 1. The van der Waals surface area contributed by atoms with Gasteiger partial charge < -0.3 is 10.5 Å². The molecule has 2 N–H and O–H groups in total. The van der Waals surface area contributed by atoms with E-state index in [4.69, 9.17) is 4.74 Å². The first kappa shape index (κ1) is 10.7. The van der Waals surface area contributed by atoms with Gasteiger partial charge in [-0.3, -0.25) is 0 Å². The van der Waals surface area contributed by atoms with E-state index in [2.05, 4.69) is 10.1 Å². The summed E-state index contributed by atoms with van der Waals surface area (Å²) in [6, 6.07) is 0. The fourth-order valence-corrected chi connectivity index (χ4v) is 1.29. The average molecular weight is 178 g/mol. The van der Waals surface area contributed by atoms with E-state index in [9.17, 15) is 4.21 Å². The first-order valence-corrected chi connectivity index (χ1v) is 4.53. The van der Waals surface area contributed by atoms with E-state index in [1.54, 1.807) is 6.21 Å². The highest BCUT2D eigenvalue weighted by molar-refractivity contribution is 7.83. The highest BCUT2D eigenvalue weighted by Crippen LogP contribution is 2.11. The fraction of sp³-hybridized carbons (Fsp3) is 0.833. The van der Waals surface area contributed by atoms with Gasteiger partial charge in [-0.2, -0.15) is 4.40 Å². The normalized spacial score (nSPS) is 27.1. The first-order chi connectivity index (χ1) is 5.10. The quantitative estimate of drug-likeness (QED) is 0.570. The Kier molecular flexibility index (Phi) is 4.48. The van der Waals surface area contributed by atoms with Crippen LogP contribution in [0.1, 0.15) is 13.8 Å². The molecule has 0 aromatic rings. The van der Waals surface area contributed by atoms with Crippen molar-refractivity contribution in [3.05, 3.63) is 0 Å². The van der Waals surface area contributed by atoms with Gasteiger partial charge in [-0.15, -0.1) is 0 Å². The molecule has 4 nitrogen and oxygen atoms in total. The van der Waals surface area contributed by atoms with Gasteiger partial charge in [0.2, 0.25) is 0 Å². The van der Waals surface area contributed by atoms with Crippen LogP contribution in [0, 0.1) is 0 Å². The second-order valence-corrected chi connectivity index (χ2v) is 3.51. The zero-order valence-electron chi connectivity index (χ0n) is 7.03. The molecule has 0 spiro atoms. The van der Waals surface area contributed by atoms with Gasteiger partial charge in [0.05, 0.1) is 5.60 Å². The summed E-state index contributed by atoms with van der Waals surface area (Å²) in [7, 11) is 0.360. The predicted molar refractivity (Wildman–Crippen MR) is 46.8 cm³/mol. The van der Waals surface area contributed by atoms with Crippen LogP contribution in [0.25, 0.3) is 0 Å². The largest absolute Gasteiger partial charge is 0.355 e. The molecule has 1 rings (SSSR count). The van der Waals surface area contributed by atoms with E-state index in [-0.39, 0.29) is 11.5 Å². The molecule has 5 heteroatoms. The van der Waals surface area contributed by atoms with Crippen molar-refractivity contribution >= 4 is 17.2 Å². The fourth-order valence-electron chi connectivity index (χ4n) is 0.456. The van der Waals surface area contributed by atoms with Crippen molar-refractivity contribution in [2.24, 2.45) is 10.1 Å². The molecule has 1 heterocycles.